The van der Waals surface area contributed by atoms with Gasteiger partial charge < -0.3 is 15.8 Å². The fourth-order valence-electron chi connectivity index (χ4n) is 1.40. The molecule has 0 amide bonds. The number of rotatable bonds is 3. The van der Waals surface area contributed by atoms with Gasteiger partial charge in [0.15, 0.2) is 0 Å². The van der Waals surface area contributed by atoms with E-state index in [4.69, 9.17) is 11.0 Å². The molecule has 0 unspecified atom stereocenters. The van der Waals surface area contributed by atoms with Crippen LogP contribution in [0.2, 0.25) is 0 Å². The highest BCUT2D eigenvalue weighted by Crippen LogP contribution is 2.13. The molecule has 4 nitrogen and oxygen atoms in total. The number of carbonyl (C=O) groups excluding carboxylic acids is 1. The van der Waals surface area contributed by atoms with Crippen LogP contribution < -0.4 is 11.1 Å². The lowest BCUT2D eigenvalue weighted by molar-refractivity contribution is -0.106. The van der Waals surface area contributed by atoms with E-state index in [0.717, 1.165) is 10.6 Å². The number of halogens is 1. The van der Waals surface area contributed by atoms with Crippen molar-refractivity contribution in [2.45, 2.75) is 4.90 Å². The largest absolute Gasteiger partial charge is 0.399 e. The average Bonchev–Trinajstić information content (AvgIpc) is 2.45. The van der Waals surface area contributed by atoms with Gasteiger partial charge in [-0.2, -0.15) is 5.26 Å². The van der Waals surface area contributed by atoms with Crippen LogP contribution in [0.25, 0.3) is 0 Å². The summed E-state index contributed by atoms with van der Waals surface area (Å²) in [6.07, 6.45) is 0.677. The van der Waals surface area contributed by atoms with Crippen LogP contribution in [0, 0.1) is 17.1 Å². The first kappa shape index (κ1) is 16.5. The topological polar surface area (TPSA) is 78.9 Å². The van der Waals surface area contributed by atoms with Crippen molar-refractivity contribution in [1.29, 1.82) is 5.26 Å². The molecule has 108 valence electrons. The molecule has 0 bridgehead atoms. The van der Waals surface area contributed by atoms with E-state index in [0.29, 0.717) is 12.0 Å². The van der Waals surface area contributed by atoms with E-state index in [1.165, 1.54) is 12.1 Å². The van der Waals surface area contributed by atoms with Crippen molar-refractivity contribution in [3.63, 3.8) is 0 Å². The first-order valence-electron chi connectivity index (χ1n) is 5.98. The van der Waals surface area contributed by atoms with Gasteiger partial charge in [-0.3, -0.25) is 0 Å². The predicted octanol–water partition coefficient (Wildman–Crippen LogP) is 2.87. The van der Waals surface area contributed by atoms with Gasteiger partial charge in [0.2, 0.25) is 0 Å². The van der Waals surface area contributed by atoms with Crippen LogP contribution in [-0.2, 0) is 4.79 Å². The molecule has 6 heteroatoms. The number of thiol groups is 1. The van der Waals surface area contributed by atoms with Gasteiger partial charge in [-0.05, 0) is 36.4 Å². The third kappa shape index (κ3) is 5.97. The standard InChI is InChI=1S/C9H7FN2O.C6H7NS/c10-9-5-8(12-3-4-13)2-1-7(9)6-11;7-5-2-1-3-6(8)4-5/h1-2,4-5,12H,3H2;1-4,8H,7H2. The number of nitrogens with one attached hydrogen (secondary N) is 1. The molecule has 2 aromatic carbocycles. The molecule has 0 saturated heterocycles. The lowest BCUT2D eigenvalue weighted by Gasteiger charge is -2.01. The number of benzene rings is 2. The maximum absolute atomic E-state index is 12.9. The number of nitrogen functional groups attached to an aromatic ring is 1. The van der Waals surface area contributed by atoms with E-state index in [2.05, 4.69) is 17.9 Å². The Morgan fingerprint density at radius 2 is 2.10 bits per heavy atom. The maximum atomic E-state index is 12.9. The van der Waals surface area contributed by atoms with Gasteiger partial charge in [-0.1, -0.05) is 6.07 Å². The molecular weight excluding hydrogens is 289 g/mol. The van der Waals surface area contributed by atoms with Crippen LogP contribution >= 0.6 is 12.6 Å². The minimum Gasteiger partial charge on any atom is -0.399 e. The summed E-state index contributed by atoms with van der Waals surface area (Å²) in [7, 11) is 0. The number of anilines is 2. The van der Waals surface area contributed by atoms with Gasteiger partial charge in [-0.15, -0.1) is 12.6 Å². The summed E-state index contributed by atoms with van der Waals surface area (Å²) >= 11 is 4.07. The summed E-state index contributed by atoms with van der Waals surface area (Å²) in [5.41, 5.74) is 6.66. The van der Waals surface area contributed by atoms with E-state index in [-0.39, 0.29) is 12.1 Å². The lowest BCUT2D eigenvalue weighted by Crippen LogP contribution is -2.02. The van der Waals surface area contributed by atoms with Gasteiger partial charge >= 0.3 is 0 Å². The molecule has 0 heterocycles. The maximum Gasteiger partial charge on any atom is 0.143 e. The van der Waals surface area contributed by atoms with Crippen LogP contribution in [-0.4, -0.2) is 12.8 Å². The Balaban J connectivity index is 0.000000235. The summed E-state index contributed by atoms with van der Waals surface area (Å²) < 4.78 is 12.9. The molecule has 3 N–H and O–H groups in total. The zero-order chi connectivity index (χ0) is 15.7. The number of nitrogens with two attached hydrogens (primary N) is 1. The molecule has 0 atom stereocenters. The monoisotopic (exact) mass is 303 g/mol. The first-order chi connectivity index (χ1) is 10.1. The Bertz CT molecular complexity index is 638. The molecule has 0 spiro atoms. The number of nitriles is 1. The zero-order valence-corrected chi connectivity index (χ0v) is 12.0. The van der Waals surface area contributed by atoms with Gasteiger partial charge in [0.05, 0.1) is 12.1 Å². The zero-order valence-electron chi connectivity index (χ0n) is 11.1. The molecule has 0 aliphatic carbocycles. The summed E-state index contributed by atoms with van der Waals surface area (Å²) in [6, 6.07) is 13.2. The molecule has 0 fully saturated rings. The van der Waals surface area contributed by atoms with Crippen LogP contribution in [0.5, 0.6) is 0 Å². The molecule has 0 aliphatic heterocycles. The molecule has 2 aromatic rings. The number of aldehydes is 1. The number of nitrogens with zero attached hydrogens (tertiary/aromatic N) is 1. The number of hydrogen-bond acceptors (Lipinski definition) is 5. The fraction of sp³-hybridized carbons (Fsp3) is 0.0667. The van der Waals surface area contributed by atoms with Crippen LogP contribution in [0.15, 0.2) is 47.4 Å². The minimum atomic E-state index is -0.585. The van der Waals surface area contributed by atoms with Crippen molar-refractivity contribution in [3.05, 3.63) is 53.8 Å². The van der Waals surface area contributed by atoms with E-state index < -0.39 is 5.82 Å². The lowest BCUT2D eigenvalue weighted by atomic mass is 10.2. The molecule has 0 saturated carbocycles. The fourth-order valence-corrected chi connectivity index (χ4v) is 1.64. The second-order valence-corrected chi connectivity index (χ2v) is 4.47. The van der Waals surface area contributed by atoms with Gasteiger partial charge in [0.1, 0.15) is 18.2 Å². The van der Waals surface area contributed by atoms with Gasteiger partial charge in [0, 0.05) is 16.3 Å². The Labute approximate surface area is 127 Å². The van der Waals surface area contributed by atoms with Crippen molar-refractivity contribution in [3.8, 4) is 6.07 Å². The second-order valence-electron chi connectivity index (χ2n) is 3.95. The van der Waals surface area contributed by atoms with Crippen LogP contribution in [0.3, 0.4) is 0 Å². The second kappa shape index (κ2) is 8.61. The highest BCUT2D eigenvalue weighted by molar-refractivity contribution is 7.80. The molecule has 0 aliphatic rings. The summed E-state index contributed by atoms with van der Waals surface area (Å²) in [5, 5.41) is 11.1. The molecule has 2 rings (SSSR count). The highest BCUT2D eigenvalue weighted by atomic mass is 32.1. The van der Waals surface area contributed by atoms with Gasteiger partial charge in [0.25, 0.3) is 0 Å². The third-order valence-corrected chi connectivity index (χ3v) is 2.63. The average molecular weight is 303 g/mol. The highest BCUT2D eigenvalue weighted by Gasteiger charge is 2.01. The van der Waals surface area contributed by atoms with E-state index >= 15 is 0 Å². The molecule has 0 aromatic heterocycles. The molecular formula is C15H14FN3OS. The SMILES string of the molecule is N#Cc1ccc(NCC=O)cc1F.Nc1cccc(S)c1. The van der Waals surface area contributed by atoms with E-state index in [1.54, 1.807) is 12.1 Å². The van der Waals surface area contributed by atoms with Crippen molar-refractivity contribution < 1.29 is 9.18 Å². The quantitative estimate of drug-likeness (QED) is 0.463. The van der Waals surface area contributed by atoms with E-state index in [1.807, 2.05) is 24.3 Å². The number of carbonyl (C=O) groups is 1. The van der Waals surface area contributed by atoms with Gasteiger partial charge in [-0.25, -0.2) is 4.39 Å². The number of hydrogen-bond donors (Lipinski definition) is 3. The van der Waals surface area contributed by atoms with E-state index in [9.17, 15) is 9.18 Å². The summed E-state index contributed by atoms with van der Waals surface area (Å²) in [4.78, 5) is 10.9. The van der Waals surface area contributed by atoms with Crippen molar-refractivity contribution >= 4 is 30.3 Å². The Kier molecular flexibility index (Phi) is 6.78. The van der Waals surface area contributed by atoms with Crippen LogP contribution in [0.1, 0.15) is 5.56 Å². The van der Waals surface area contributed by atoms with Crippen molar-refractivity contribution in [1.82, 2.24) is 0 Å². The minimum absolute atomic E-state index is 0.00310. The Morgan fingerprint density at radius 3 is 2.57 bits per heavy atom. The predicted molar refractivity (Wildman–Crippen MR) is 83.8 cm³/mol. The van der Waals surface area contributed by atoms with Crippen molar-refractivity contribution in [2.24, 2.45) is 0 Å². The molecule has 0 radical (unpaired) electrons. The third-order valence-electron chi connectivity index (χ3n) is 2.35. The summed E-state index contributed by atoms with van der Waals surface area (Å²) in [6.45, 7) is 0.130. The van der Waals surface area contributed by atoms with Crippen LogP contribution in [0.4, 0.5) is 15.8 Å². The van der Waals surface area contributed by atoms with Crippen molar-refractivity contribution in [2.75, 3.05) is 17.6 Å². The first-order valence-corrected chi connectivity index (χ1v) is 6.43. The summed E-state index contributed by atoms with van der Waals surface area (Å²) in [5.74, 6) is -0.585. The Morgan fingerprint density at radius 1 is 1.33 bits per heavy atom. The Hall–Kier alpha value is -2.52. The smallest absolute Gasteiger partial charge is 0.143 e. The molecule has 21 heavy (non-hydrogen) atoms. The normalized spacial score (nSPS) is 9.00.